The van der Waals surface area contributed by atoms with Gasteiger partial charge in [-0.1, -0.05) is 0 Å². The zero-order valence-electron chi connectivity index (χ0n) is 9.06. The molecule has 0 saturated carbocycles. The maximum atomic E-state index is 13.3. The van der Waals surface area contributed by atoms with Crippen LogP contribution in [0.2, 0.25) is 0 Å². The Labute approximate surface area is 91.6 Å². The van der Waals surface area contributed by atoms with Crippen molar-refractivity contribution in [2.75, 3.05) is 20.1 Å². The van der Waals surface area contributed by atoms with Gasteiger partial charge >= 0.3 is 0 Å². The van der Waals surface area contributed by atoms with Crippen LogP contribution in [0.5, 0.6) is 5.75 Å². The van der Waals surface area contributed by atoms with E-state index in [1.54, 1.807) is 6.92 Å². The van der Waals surface area contributed by atoms with E-state index >= 15 is 0 Å². The Balaban J connectivity index is 2.20. The fourth-order valence-electron chi connectivity index (χ4n) is 2.01. The molecule has 5 heteroatoms. The van der Waals surface area contributed by atoms with Crippen LogP contribution in [0.15, 0.2) is 12.1 Å². The quantitative estimate of drug-likeness (QED) is 0.723. The molecule has 88 valence electrons. The second-order valence-electron chi connectivity index (χ2n) is 4.40. The van der Waals surface area contributed by atoms with Gasteiger partial charge in [0.1, 0.15) is 5.60 Å². The maximum Gasteiger partial charge on any atom is 0.203 e. The fourth-order valence-corrected chi connectivity index (χ4v) is 2.01. The summed E-state index contributed by atoms with van der Waals surface area (Å²) in [5, 5.41) is 0. The second-order valence-corrected chi connectivity index (χ2v) is 4.40. The van der Waals surface area contributed by atoms with Crippen LogP contribution in [0.1, 0.15) is 6.92 Å². The number of benzene rings is 1. The van der Waals surface area contributed by atoms with Gasteiger partial charge in [-0.25, -0.2) is 8.78 Å². The molecule has 0 amide bonds. The molecular weight excluding hydrogens is 219 g/mol. The van der Waals surface area contributed by atoms with Crippen molar-refractivity contribution in [2.24, 2.45) is 0 Å². The fraction of sp³-hybridized carbons (Fsp3) is 0.455. The highest BCUT2D eigenvalue weighted by atomic mass is 19.2. The van der Waals surface area contributed by atoms with Gasteiger partial charge in [0.05, 0.1) is 0 Å². The third kappa shape index (κ3) is 1.87. The minimum atomic E-state index is -1.49. The molecule has 2 nitrogen and oxygen atoms in total. The highest BCUT2D eigenvalue weighted by Gasteiger charge is 2.39. The number of ether oxygens (including phenoxy) is 1. The van der Waals surface area contributed by atoms with E-state index in [1.807, 2.05) is 11.9 Å². The SMILES string of the molecule is CN1CC(C)(Oc2ccc(F)c(F)c2F)C1. The lowest BCUT2D eigenvalue weighted by molar-refractivity contribution is -0.0521. The van der Waals surface area contributed by atoms with Gasteiger partial charge in [0.2, 0.25) is 5.82 Å². The van der Waals surface area contributed by atoms with Crippen molar-refractivity contribution in [3.8, 4) is 5.75 Å². The Kier molecular flexibility index (Phi) is 2.58. The summed E-state index contributed by atoms with van der Waals surface area (Å²) in [6.07, 6.45) is 0. The van der Waals surface area contributed by atoms with E-state index in [2.05, 4.69) is 0 Å². The average Bonchev–Trinajstić information content (AvgIpc) is 2.17. The molecule has 0 N–H and O–H groups in total. The standard InChI is InChI=1S/C11H12F3NO/c1-11(5-15(2)6-11)16-8-4-3-7(12)9(13)10(8)14/h3-4H,5-6H2,1-2H3. The van der Waals surface area contributed by atoms with Crippen molar-refractivity contribution in [1.82, 2.24) is 4.90 Å². The van der Waals surface area contributed by atoms with Crippen molar-refractivity contribution in [1.29, 1.82) is 0 Å². The van der Waals surface area contributed by atoms with Gasteiger partial charge in [0.15, 0.2) is 17.4 Å². The second kappa shape index (κ2) is 3.66. The number of nitrogens with zero attached hydrogens (tertiary/aromatic N) is 1. The van der Waals surface area contributed by atoms with E-state index in [9.17, 15) is 13.2 Å². The van der Waals surface area contributed by atoms with Gasteiger partial charge in [-0.3, -0.25) is 4.90 Å². The first-order valence-electron chi connectivity index (χ1n) is 4.92. The molecule has 0 spiro atoms. The summed E-state index contributed by atoms with van der Waals surface area (Å²) >= 11 is 0. The molecule has 1 aromatic rings. The average molecular weight is 231 g/mol. The van der Waals surface area contributed by atoms with Crippen LogP contribution in [-0.2, 0) is 0 Å². The van der Waals surface area contributed by atoms with Crippen LogP contribution in [0, 0.1) is 17.5 Å². The number of halogens is 3. The Morgan fingerprint density at radius 2 is 1.81 bits per heavy atom. The first-order chi connectivity index (χ1) is 7.41. The lowest BCUT2D eigenvalue weighted by atomic mass is 9.97. The third-order valence-electron chi connectivity index (χ3n) is 2.56. The van der Waals surface area contributed by atoms with Gasteiger partial charge in [-0.2, -0.15) is 4.39 Å². The van der Waals surface area contributed by atoms with E-state index in [-0.39, 0.29) is 5.75 Å². The number of hydrogen-bond donors (Lipinski definition) is 0. The van der Waals surface area contributed by atoms with E-state index in [0.717, 1.165) is 12.1 Å². The molecule has 1 saturated heterocycles. The van der Waals surface area contributed by atoms with Gasteiger partial charge in [0, 0.05) is 13.1 Å². The molecule has 1 heterocycles. The molecule has 0 aliphatic carbocycles. The summed E-state index contributed by atoms with van der Waals surface area (Å²) < 4.78 is 44.2. The summed E-state index contributed by atoms with van der Waals surface area (Å²) in [5.41, 5.74) is -0.528. The van der Waals surface area contributed by atoms with E-state index in [4.69, 9.17) is 4.74 Å². The highest BCUT2D eigenvalue weighted by molar-refractivity contribution is 5.27. The van der Waals surface area contributed by atoms with E-state index in [1.165, 1.54) is 0 Å². The smallest absolute Gasteiger partial charge is 0.203 e. The molecule has 2 rings (SSSR count). The molecule has 0 atom stereocenters. The number of rotatable bonds is 2. The normalized spacial score (nSPS) is 19.3. The predicted molar refractivity (Wildman–Crippen MR) is 52.8 cm³/mol. The third-order valence-corrected chi connectivity index (χ3v) is 2.56. The lowest BCUT2D eigenvalue weighted by Gasteiger charge is -2.45. The first-order valence-corrected chi connectivity index (χ1v) is 4.92. The van der Waals surface area contributed by atoms with Crippen LogP contribution >= 0.6 is 0 Å². The van der Waals surface area contributed by atoms with Crippen LogP contribution in [0.4, 0.5) is 13.2 Å². The number of likely N-dealkylation sites (N-methyl/N-ethyl adjacent to an activating group) is 1. The van der Waals surface area contributed by atoms with Crippen molar-refractivity contribution in [3.63, 3.8) is 0 Å². The zero-order valence-corrected chi connectivity index (χ0v) is 9.06. The molecular formula is C11H12F3NO. The van der Waals surface area contributed by atoms with Crippen molar-refractivity contribution in [2.45, 2.75) is 12.5 Å². The molecule has 16 heavy (non-hydrogen) atoms. The number of likely N-dealkylation sites (tertiary alicyclic amines) is 1. The molecule has 0 bridgehead atoms. The number of hydrogen-bond acceptors (Lipinski definition) is 2. The summed E-state index contributed by atoms with van der Waals surface area (Å²) in [4.78, 5) is 1.98. The molecule has 0 aromatic heterocycles. The summed E-state index contributed by atoms with van der Waals surface area (Å²) in [6.45, 7) is 3.06. The molecule has 0 unspecified atom stereocenters. The monoisotopic (exact) mass is 231 g/mol. The van der Waals surface area contributed by atoms with Crippen molar-refractivity contribution < 1.29 is 17.9 Å². The minimum absolute atomic E-state index is 0.241. The van der Waals surface area contributed by atoms with Crippen molar-refractivity contribution in [3.05, 3.63) is 29.6 Å². The van der Waals surface area contributed by atoms with Crippen LogP contribution < -0.4 is 4.74 Å². The zero-order chi connectivity index (χ0) is 11.9. The van der Waals surface area contributed by atoms with Gasteiger partial charge < -0.3 is 4.74 Å². The lowest BCUT2D eigenvalue weighted by Crippen LogP contribution is -2.61. The molecule has 0 radical (unpaired) electrons. The largest absolute Gasteiger partial charge is 0.482 e. The molecule has 1 fully saturated rings. The maximum absolute atomic E-state index is 13.3. The molecule has 1 aliphatic heterocycles. The first kappa shape index (κ1) is 11.3. The molecule has 1 aliphatic rings. The topological polar surface area (TPSA) is 12.5 Å². The minimum Gasteiger partial charge on any atom is -0.482 e. The van der Waals surface area contributed by atoms with Gasteiger partial charge in [0.25, 0.3) is 0 Å². The summed E-state index contributed by atoms with van der Waals surface area (Å²) in [7, 11) is 1.90. The summed E-state index contributed by atoms with van der Waals surface area (Å²) in [6, 6.07) is 1.97. The Morgan fingerprint density at radius 3 is 2.38 bits per heavy atom. The van der Waals surface area contributed by atoms with Crippen LogP contribution in [0.3, 0.4) is 0 Å². The Hall–Kier alpha value is -1.23. The highest BCUT2D eigenvalue weighted by Crippen LogP contribution is 2.29. The van der Waals surface area contributed by atoms with Gasteiger partial charge in [-0.05, 0) is 26.1 Å². The van der Waals surface area contributed by atoms with Crippen molar-refractivity contribution >= 4 is 0 Å². The van der Waals surface area contributed by atoms with E-state index in [0.29, 0.717) is 13.1 Å². The van der Waals surface area contributed by atoms with Gasteiger partial charge in [-0.15, -0.1) is 0 Å². The Bertz CT molecular complexity index is 416. The Morgan fingerprint density at radius 1 is 1.19 bits per heavy atom. The molecule has 1 aromatic carbocycles. The predicted octanol–water partition coefficient (Wildman–Crippen LogP) is 2.19. The van der Waals surface area contributed by atoms with Crippen LogP contribution in [-0.4, -0.2) is 30.6 Å². The summed E-state index contributed by atoms with van der Waals surface area (Å²) in [5.74, 6) is -4.21. The van der Waals surface area contributed by atoms with E-state index < -0.39 is 23.1 Å². The van der Waals surface area contributed by atoms with Crippen LogP contribution in [0.25, 0.3) is 0 Å².